The topological polar surface area (TPSA) is 89.8 Å². The molecule has 1 aliphatic heterocycles. The number of hydrogen-bond donors (Lipinski definition) is 2. The summed E-state index contributed by atoms with van der Waals surface area (Å²) in [4.78, 5) is 25.5. The molecule has 2 heterocycles. The quantitative estimate of drug-likeness (QED) is 0.538. The lowest BCUT2D eigenvalue weighted by Gasteiger charge is -2.11. The molecule has 0 saturated carbocycles. The Bertz CT molecular complexity index is 1130. The maximum Gasteiger partial charge on any atom is 0.291 e. The first kappa shape index (κ1) is 19.8. The smallest absolute Gasteiger partial charge is 0.291 e. The maximum absolute atomic E-state index is 12.9. The Hall–Kier alpha value is -3.52. The normalized spacial score (nSPS) is 12.5. The SMILES string of the molecule is Cc1ccc(NC(=O)/C(=C/c2ccc3c(c2)OCO3)NC(=O)c2ccc(Br)o2)cc1. The number of fused-ring (bicyclic) bond motifs is 1. The molecule has 0 spiro atoms. The number of carbonyl (C=O) groups is 2. The van der Waals surface area contributed by atoms with Crippen molar-refractivity contribution in [1.82, 2.24) is 5.32 Å². The van der Waals surface area contributed by atoms with Gasteiger partial charge in [-0.25, -0.2) is 0 Å². The van der Waals surface area contributed by atoms with Crippen LogP contribution in [0.4, 0.5) is 5.69 Å². The highest BCUT2D eigenvalue weighted by molar-refractivity contribution is 9.10. The molecule has 2 amide bonds. The highest BCUT2D eigenvalue weighted by Crippen LogP contribution is 2.33. The number of aryl methyl sites for hydroxylation is 1. The van der Waals surface area contributed by atoms with E-state index in [0.717, 1.165) is 5.56 Å². The second-order valence-corrected chi connectivity index (χ2v) is 7.33. The summed E-state index contributed by atoms with van der Waals surface area (Å²) in [5, 5.41) is 5.40. The van der Waals surface area contributed by atoms with Gasteiger partial charge in [0.1, 0.15) is 5.70 Å². The van der Waals surface area contributed by atoms with Crippen LogP contribution < -0.4 is 20.1 Å². The van der Waals surface area contributed by atoms with Crippen molar-refractivity contribution in [3.05, 3.63) is 81.9 Å². The van der Waals surface area contributed by atoms with E-state index in [-0.39, 0.29) is 18.3 Å². The number of furan rings is 1. The van der Waals surface area contributed by atoms with Gasteiger partial charge in [0, 0.05) is 5.69 Å². The van der Waals surface area contributed by atoms with E-state index in [2.05, 4.69) is 26.6 Å². The number of anilines is 1. The zero-order chi connectivity index (χ0) is 21.1. The van der Waals surface area contributed by atoms with Gasteiger partial charge < -0.3 is 24.5 Å². The molecule has 0 saturated heterocycles. The minimum absolute atomic E-state index is 0.0481. The summed E-state index contributed by atoms with van der Waals surface area (Å²) in [5.41, 5.74) is 2.39. The van der Waals surface area contributed by atoms with Gasteiger partial charge in [0.05, 0.1) is 0 Å². The summed E-state index contributed by atoms with van der Waals surface area (Å²) in [6, 6.07) is 15.7. The van der Waals surface area contributed by atoms with E-state index in [4.69, 9.17) is 13.9 Å². The van der Waals surface area contributed by atoms with Gasteiger partial charge in [-0.3, -0.25) is 9.59 Å². The number of amides is 2. The third-order valence-electron chi connectivity index (χ3n) is 4.31. The summed E-state index contributed by atoms with van der Waals surface area (Å²) in [7, 11) is 0. The van der Waals surface area contributed by atoms with Gasteiger partial charge in [-0.05, 0) is 70.9 Å². The van der Waals surface area contributed by atoms with Crippen LogP contribution >= 0.6 is 15.9 Å². The monoisotopic (exact) mass is 468 g/mol. The zero-order valence-corrected chi connectivity index (χ0v) is 17.5. The van der Waals surface area contributed by atoms with Crippen LogP contribution in [0.3, 0.4) is 0 Å². The first-order chi connectivity index (χ1) is 14.5. The fourth-order valence-electron chi connectivity index (χ4n) is 2.78. The molecule has 0 aliphatic carbocycles. The van der Waals surface area contributed by atoms with Crippen LogP contribution in [0.15, 0.2) is 69.4 Å². The van der Waals surface area contributed by atoms with Gasteiger partial charge in [-0.15, -0.1) is 0 Å². The van der Waals surface area contributed by atoms with Gasteiger partial charge in [0.15, 0.2) is 21.9 Å². The van der Waals surface area contributed by atoms with Crippen molar-refractivity contribution in [2.45, 2.75) is 6.92 Å². The summed E-state index contributed by atoms with van der Waals surface area (Å²) in [6.07, 6.45) is 1.56. The molecule has 0 unspecified atom stereocenters. The molecule has 0 atom stereocenters. The predicted octanol–water partition coefficient (Wildman–Crippen LogP) is 4.49. The average Bonchev–Trinajstić information content (AvgIpc) is 3.37. The van der Waals surface area contributed by atoms with E-state index >= 15 is 0 Å². The Morgan fingerprint density at radius 2 is 1.77 bits per heavy atom. The number of carbonyl (C=O) groups excluding carboxylic acids is 2. The second-order valence-electron chi connectivity index (χ2n) is 6.55. The molecule has 3 aromatic rings. The van der Waals surface area contributed by atoms with Crippen LogP contribution in [0, 0.1) is 6.92 Å². The molecular formula is C22H17BrN2O5. The third kappa shape index (κ3) is 4.55. The largest absolute Gasteiger partial charge is 0.454 e. The Kier molecular flexibility index (Phi) is 5.58. The zero-order valence-electron chi connectivity index (χ0n) is 15.9. The first-order valence-corrected chi connectivity index (χ1v) is 9.83. The molecule has 30 heavy (non-hydrogen) atoms. The molecule has 7 nitrogen and oxygen atoms in total. The third-order valence-corrected chi connectivity index (χ3v) is 4.73. The Morgan fingerprint density at radius 3 is 2.50 bits per heavy atom. The summed E-state index contributed by atoms with van der Waals surface area (Å²) >= 11 is 3.16. The van der Waals surface area contributed by atoms with E-state index < -0.39 is 11.8 Å². The van der Waals surface area contributed by atoms with Crippen molar-refractivity contribution >= 4 is 39.5 Å². The fraction of sp³-hybridized carbons (Fsp3) is 0.0909. The Labute approximate surface area is 180 Å². The standard InChI is InChI=1S/C22H17BrN2O5/c1-13-2-5-15(6-3-13)24-21(26)16(25-22(27)18-8-9-20(23)30-18)10-14-4-7-17-19(11-14)29-12-28-17/h2-11H,12H2,1H3,(H,24,26)(H,25,27)/b16-10-. The van der Waals surface area contributed by atoms with Crippen molar-refractivity contribution in [3.63, 3.8) is 0 Å². The molecule has 0 bridgehead atoms. The highest BCUT2D eigenvalue weighted by atomic mass is 79.9. The number of hydrogen-bond acceptors (Lipinski definition) is 5. The second kappa shape index (κ2) is 8.46. The van der Waals surface area contributed by atoms with Gasteiger partial charge in [0.25, 0.3) is 11.8 Å². The summed E-state index contributed by atoms with van der Waals surface area (Å²) in [6.45, 7) is 2.10. The van der Waals surface area contributed by atoms with Crippen molar-refractivity contribution < 1.29 is 23.5 Å². The summed E-state index contributed by atoms with van der Waals surface area (Å²) < 4.78 is 16.4. The van der Waals surface area contributed by atoms with Crippen molar-refractivity contribution in [3.8, 4) is 11.5 Å². The van der Waals surface area contributed by atoms with E-state index in [1.54, 1.807) is 42.5 Å². The van der Waals surface area contributed by atoms with E-state index in [9.17, 15) is 9.59 Å². The van der Waals surface area contributed by atoms with Gasteiger partial charge >= 0.3 is 0 Å². The molecule has 8 heteroatoms. The van der Waals surface area contributed by atoms with Crippen LogP contribution in [-0.4, -0.2) is 18.6 Å². The van der Waals surface area contributed by atoms with Crippen LogP contribution in [0.1, 0.15) is 21.7 Å². The van der Waals surface area contributed by atoms with E-state index in [1.807, 2.05) is 19.1 Å². The lowest BCUT2D eigenvalue weighted by molar-refractivity contribution is -0.113. The molecular weight excluding hydrogens is 452 g/mol. The van der Waals surface area contributed by atoms with Crippen LogP contribution in [0.5, 0.6) is 11.5 Å². The molecule has 0 radical (unpaired) electrons. The molecule has 1 aliphatic rings. The summed E-state index contributed by atoms with van der Waals surface area (Å²) in [5.74, 6) is 0.245. The van der Waals surface area contributed by atoms with Crippen molar-refractivity contribution in [1.29, 1.82) is 0 Å². The molecule has 1 aromatic heterocycles. The van der Waals surface area contributed by atoms with Crippen LogP contribution in [0.2, 0.25) is 0 Å². The van der Waals surface area contributed by atoms with Crippen molar-refractivity contribution in [2.75, 3.05) is 12.1 Å². The Balaban J connectivity index is 1.62. The maximum atomic E-state index is 12.9. The van der Waals surface area contributed by atoms with Gasteiger partial charge in [0.2, 0.25) is 6.79 Å². The molecule has 152 valence electrons. The lowest BCUT2D eigenvalue weighted by Crippen LogP contribution is -2.30. The minimum atomic E-state index is -0.549. The minimum Gasteiger partial charge on any atom is -0.454 e. The lowest BCUT2D eigenvalue weighted by atomic mass is 10.1. The number of benzene rings is 2. The van der Waals surface area contributed by atoms with Crippen molar-refractivity contribution in [2.24, 2.45) is 0 Å². The van der Waals surface area contributed by atoms with Gasteiger partial charge in [-0.2, -0.15) is 0 Å². The molecule has 4 rings (SSSR count). The molecule has 0 fully saturated rings. The first-order valence-electron chi connectivity index (χ1n) is 9.04. The number of halogens is 1. The fourth-order valence-corrected chi connectivity index (χ4v) is 3.09. The Morgan fingerprint density at radius 1 is 1.00 bits per heavy atom. The van der Waals surface area contributed by atoms with Crippen LogP contribution in [0.25, 0.3) is 6.08 Å². The number of ether oxygens (including phenoxy) is 2. The predicted molar refractivity (Wildman–Crippen MR) is 114 cm³/mol. The number of rotatable bonds is 5. The average molecular weight is 469 g/mol. The van der Waals surface area contributed by atoms with Crippen LogP contribution in [-0.2, 0) is 4.79 Å². The number of nitrogens with one attached hydrogen (secondary N) is 2. The highest BCUT2D eigenvalue weighted by Gasteiger charge is 2.19. The van der Waals surface area contributed by atoms with E-state index in [1.165, 1.54) is 6.07 Å². The van der Waals surface area contributed by atoms with E-state index in [0.29, 0.717) is 27.4 Å². The van der Waals surface area contributed by atoms with Gasteiger partial charge in [-0.1, -0.05) is 23.8 Å². The molecule has 2 N–H and O–H groups in total. The molecule has 2 aromatic carbocycles.